The van der Waals surface area contributed by atoms with Crippen LogP contribution in [0.5, 0.6) is 0 Å². The number of benzene rings is 2. The van der Waals surface area contributed by atoms with Gasteiger partial charge in [-0.05, 0) is 49.6 Å². The van der Waals surface area contributed by atoms with Crippen molar-refractivity contribution in [3.05, 3.63) is 58.4 Å². The molecule has 2 aromatic carbocycles. The number of carboxylic acid groups (broad SMARTS) is 1. The fourth-order valence-corrected chi connectivity index (χ4v) is 2.39. The van der Waals surface area contributed by atoms with Gasteiger partial charge < -0.3 is 9.63 Å². The van der Waals surface area contributed by atoms with Crippen LogP contribution in [0.2, 0.25) is 0 Å². The number of hydrogen-bond donors (Lipinski definition) is 1. The number of aromatic carboxylic acids is 1. The van der Waals surface area contributed by atoms with Crippen LogP contribution in [0.4, 0.5) is 4.39 Å². The molecule has 3 rings (SSSR count). The van der Waals surface area contributed by atoms with E-state index >= 15 is 0 Å². The van der Waals surface area contributed by atoms with Crippen LogP contribution < -0.4 is 0 Å². The molecule has 0 aliphatic carbocycles. The molecule has 1 heterocycles. The Morgan fingerprint density at radius 1 is 1.12 bits per heavy atom. The van der Waals surface area contributed by atoms with Crippen LogP contribution in [-0.2, 0) is 0 Å². The van der Waals surface area contributed by atoms with Gasteiger partial charge in [0.05, 0.1) is 11.1 Å². The minimum atomic E-state index is -1.03. The highest BCUT2D eigenvalue weighted by Gasteiger charge is 2.18. The molecular formula is C18H15FN2O3. The van der Waals surface area contributed by atoms with Gasteiger partial charge in [0, 0.05) is 5.56 Å². The number of aryl methyl sites for hydroxylation is 2. The number of carboxylic acids is 1. The summed E-state index contributed by atoms with van der Waals surface area (Å²) in [6, 6.07) is 8.22. The Bertz CT molecular complexity index is 947. The molecule has 0 aliphatic rings. The summed E-state index contributed by atoms with van der Waals surface area (Å²) in [6.07, 6.45) is 0. The minimum absolute atomic E-state index is 0.0584. The second-order valence-corrected chi connectivity index (χ2v) is 5.63. The topological polar surface area (TPSA) is 76.2 Å². The second-order valence-electron chi connectivity index (χ2n) is 5.63. The summed E-state index contributed by atoms with van der Waals surface area (Å²) in [5.41, 5.74) is 2.88. The van der Waals surface area contributed by atoms with Gasteiger partial charge >= 0.3 is 5.97 Å². The van der Waals surface area contributed by atoms with Crippen molar-refractivity contribution in [2.45, 2.75) is 20.8 Å². The lowest BCUT2D eigenvalue weighted by Gasteiger charge is -2.04. The lowest BCUT2D eigenvalue weighted by atomic mass is 10.0. The molecular weight excluding hydrogens is 311 g/mol. The zero-order valence-electron chi connectivity index (χ0n) is 13.4. The van der Waals surface area contributed by atoms with Crippen LogP contribution in [0.25, 0.3) is 22.8 Å². The average molecular weight is 326 g/mol. The van der Waals surface area contributed by atoms with Gasteiger partial charge in [-0.2, -0.15) is 4.98 Å². The van der Waals surface area contributed by atoms with Gasteiger partial charge in [-0.3, -0.25) is 0 Å². The highest BCUT2D eigenvalue weighted by Crippen LogP contribution is 2.28. The average Bonchev–Trinajstić information content (AvgIpc) is 3.02. The summed E-state index contributed by atoms with van der Waals surface area (Å²) in [7, 11) is 0. The third-order valence-corrected chi connectivity index (χ3v) is 4.04. The summed E-state index contributed by atoms with van der Waals surface area (Å²) in [4.78, 5) is 15.4. The number of halogens is 1. The first-order chi connectivity index (χ1) is 11.4. The maximum atomic E-state index is 14.4. The fourth-order valence-electron chi connectivity index (χ4n) is 2.39. The molecule has 24 heavy (non-hydrogen) atoms. The summed E-state index contributed by atoms with van der Waals surface area (Å²) in [5.74, 6) is -1.16. The molecule has 0 saturated heterocycles. The third-order valence-electron chi connectivity index (χ3n) is 4.04. The van der Waals surface area contributed by atoms with Crippen molar-refractivity contribution < 1.29 is 18.8 Å². The number of hydrogen-bond acceptors (Lipinski definition) is 4. The summed E-state index contributed by atoms with van der Waals surface area (Å²) < 4.78 is 19.5. The predicted molar refractivity (Wildman–Crippen MR) is 86.3 cm³/mol. The quantitative estimate of drug-likeness (QED) is 0.782. The van der Waals surface area contributed by atoms with E-state index in [0.29, 0.717) is 16.7 Å². The van der Waals surface area contributed by atoms with Crippen LogP contribution >= 0.6 is 0 Å². The van der Waals surface area contributed by atoms with E-state index in [1.807, 2.05) is 6.92 Å². The molecule has 6 heteroatoms. The summed E-state index contributed by atoms with van der Waals surface area (Å²) in [5, 5.41) is 13.0. The van der Waals surface area contributed by atoms with Gasteiger partial charge in [0.25, 0.3) is 5.89 Å². The van der Waals surface area contributed by atoms with Gasteiger partial charge in [0.15, 0.2) is 0 Å². The molecule has 0 atom stereocenters. The Balaban J connectivity index is 2.05. The van der Waals surface area contributed by atoms with Gasteiger partial charge in [0.1, 0.15) is 5.82 Å². The molecule has 0 saturated carbocycles. The lowest BCUT2D eigenvalue weighted by Crippen LogP contribution is -2.00. The van der Waals surface area contributed by atoms with Gasteiger partial charge in [0.2, 0.25) is 5.82 Å². The molecule has 0 spiro atoms. The van der Waals surface area contributed by atoms with E-state index < -0.39 is 11.8 Å². The smallest absolute Gasteiger partial charge is 0.335 e. The van der Waals surface area contributed by atoms with Crippen LogP contribution in [0.3, 0.4) is 0 Å². The van der Waals surface area contributed by atoms with Crippen molar-refractivity contribution in [2.24, 2.45) is 0 Å². The number of nitrogens with zero attached hydrogens (tertiary/aromatic N) is 2. The van der Waals surface area contributed by atoms with Crippen molar-refractivity contribution in [2.75, 3.05) is 0 Å². The first-order valence-corrected chi connectivity index (χ1v) is 7.32. The van der Waals surface area contributed by atoms with Crippen LogP contribution in [0, 0.1) is 26.6 Å². The molecule has 122 valence electrons. The van der Waals surface area contributed by atoms with Crippen molar-refractivity contribution in [3.8, 4) is 22.8 Å². The number of rotatable bonds is 3. The van der Waals surface area contributed by atoms with E-state index in [4.69, 9.17) is 4.52 Å². The zero-order chi connectivity index (χ0) is 17.4. The molecule has 0 bridgehead atoms. The van der Waals surface area contributed by atoms with Crippen molar-refractivity contribution >= 4 is 5.97 Å². The molecule has 0 aliphatic heterocycles. The summed E-state index contributed by atoms with van der Waals surface area (Å²) in [6.45, 7) is 5.21. The first-order valence-electron chi connectivity index (χ1n) is 7.32. The van der Waals surface area contributed by atoms with Gasteiger partial charge in [-0.15, -0.1) is 0 Å². The van der Waals surface area contributed by atoms with Crippen molar-refractivity contribution in [1.82, 2.24) is 10.1 Å². The predicted octanol–water partition coefficient (Wildman–Crippen LogP) is 4.17. The highest BCUT2D eigenvalue weighted by molar-refractivity contribution is 5.90. The van der Waals surface area contributed by atoms with E-state index in [1.54, 1.807) is 38.1 Å². The standard InChI is InChI=1S/C18H15FN2O3/c1-9-5-7-13(15(19)11(9)3)17-20-16(21-24-17)12-6-4-10(2)14(8-12)18(22)23/h4-8H,1-3H3,(H,22,23). The molecule has 0 radical (unpaired) electrons. The molecule has 0 amide bonds. The molecule has 0 unspecified atom stereocenters. The van der Waals surface area contributed by atoms with Gasteiger partial charge in [-0.1, -0.05) is 23.4 Å². The lowest BCUT2D eigenvalue weighted by molar-refractivity contribution is 0.0696. The van der Waals surface area contributed by atoms with Gasteiger partial charge in [-0.25, -0.2) is 9.18 Å². The van der Waals surface area contributed by atoms with E-state index in [2.05, 4.69) is 10.1 Å². The molecule has 1 N–H and O–H groups in total. The third kappa shape index (κ3) is 2.67. The first kappa shape index (κ1) is 15.9. The summed E-state index contributed by atoms with van der Waals surface area (Å²) >= 11 is 0. The van der Waals surface area contributed by atoms with Crippen molar-refractivity contribution in [1.29, 1.82) is 0 Å². The fraction of sp³-hybridized carbons (Fsp3) is 0.167. The molecule has 5 nitrogen and oxygen atoms in total. The minimum Gasteiger partial charge on any atom is -0.478 e. The van der Waals surface area contributed by atoms with E-state index in [9.17, 15) is 14.3 Å². The maximum Gasteiger partial charge on any atom is 0.335 e. The number of aromatic nitrogens is 2. The Morgan fingerprint density at radius 2 is 1.83 bits per heavy atom. The Kier molecular flexibility index (Phi) is 3.89. The Hall–Kier alpha value is -3.02. The van der Waals surface area contributed by atoms with E-state index in [1.165, 1.54) is 6.07 Å². The molecule has 1 aromatic heterocycles. The largest absolute Gasteiger partial charge is 0.478 e. The second kappa shape index (κ2) is 5.88. The van der Waals surface area contributed by atoms with Crippen LogP contribution in [0.15, 0.2) is 34.9 Å². The van der Waals surface area contributed by atoms with E-state index in [-0.39, 0.29) is 22.8 Å². The van der Waals surface area contributed by atoms with Crippen LogP contribution in [-0.4, -0.2) is 21.2 Å². The normalized spacial score (nSPS) is 10.8. The Morgan fingerprint density at radius 3 is 2.54 bits per heavy atom. The molecule has 3 aromatic rings. The monoisotopic (exact) mass is 326 g/mol. The SMILES string of the molecule is Cc1ccc(-c2noc(-c3ccc(C)c(C)c3F)n2)cc1C(=O)O. The van der Waals surface area contributed by atoms with E-state index in [0.717, 1.165) is 5.56 Å². The number of carbonyl (C=O) groups is 1. The zero-order valence-corrected chi connectivity index (χ0v) is 13.4. The Labute approximate surface area is 137 Å². The maximum absolute atomic E-state index is 14.4. The molecule has 0 fully saturated rings. The van der Waals surface area contributed by atoms with Crippen molar-refractivity contribution in [3.63, 3.8) is 0 Å². The van der Waals surface area contributed by atoms with Crippen LogP contribution in [0.1, 0.15) is 27.0 Å². The highest BCUT2D eigenvalue weighted by atomic mass is 19.1.